The number of benzene rings is 2. The molecule has 0 aliphatic heterocycles. The second-order valence-corrected chi connectivity index (χ2v) is 5.57. The highest BCUT2D eigenvalue weighted by Crippen LogP contribution is 2.36. The van der Waals surface area contributed by atoms with Crippen LogP contribution in [-0.2, 0) is 6.42 Å². The Hall–Kier alpha value is -1.61. The van der Waals surface area contributed by atoms with E-state index in [0.717, 1.165) is 22.9 Å². The molecule has 3 heteroatoms. The molecule has 3 rings (SSSR count). The van der Waals surface area contributed by atoms with Crippen LogP contribution in [0.3, 0.4) is 0 Å². The number of fused-ring (bicyclic) bond motifs is 1. The summed E-state index contributed by atoms with van der Waals surface area (Å²) in [4.78, 5) is 10.7. The van der Waals surface area contributed by atoms with Gasteiger partial charge in [-0.15, -0.1) is 0 Å². The number of aldehydes is 1. The quantitative estimate of drug-likeness (QED) is 0.797. The minimum atomic E-state index is 0.480. The molecule has 19 heavy (non-hydrogen) atoms. The van der Waals surface area contributed by atoms with Crippen LogP contribution in [-0.4, -0.2) is 12.9 Å². The van der Waals surface area contributed by atoms with Gasteiger partial charge in [0.05, 0.1) is 11.1 Å². The number of ether oxygens (including phenoxy) is 1. The zero-order valence-electron chi connectivity index (χ0n) is 10.3. The normalized spacial score (nSPS) is 16.4. The molecule has 0 saturated carbocycles. The van der Waals surface area contributed by atoms with E-state index in [1.807, 2.05) is 6.07 Å². The molecular formula is C16H13BrO2. The minimum absolute atomic E-state index is 0.480. The molecule has 0 heterocycles. The van der Waals surface area contributed by atoms with Gasteiger partial charge in [0.2, 0.25) is 0 Å². The number of halogens is 1. The molecule has 0 amide bonds. The fraction of sp³-hybridized carbons (Fsp3) is 0.188. The fourth-order valence-electron chi connectivity index (χ4n) is 2.41. The Labute approximate surface area is 120 Å². The lowest BCUT2D eigenvalue weighted by Crippen LogP contribution is -2.23. The lowest BCUT2D eigenvalue weighted by molar-refractivity contribution is 0.112. The highest BCUT2D eigenvalue weighted by Gasteiger charge is 2.25. The van der Waals surface area contributed by atoms with Crippen LogP contribution in [0.25, 0.3) is 0 Å². The molecule has 0 aromatic heterocycles. The van der Waals surface area contributed by atoms with E-state index in [9.17, 15) is 4.79 Å². The molecule has 1 unspecified atom stereocenters. The van der Waals surface area contributed by atoms with E-state index < -0.39 is 0 Å². The lowest BCUT2D eigenvalue weighted by Gasteiger charge is -2.30. The Morgan fingerprint density at radius 3 is 2.84 bits per heavy atom. The predicted octanol–water partition coefficient (Wildman–Crippen LogP) is 3.98. The molecule has 1 aliphatic rings. The SMILES string of the molecule is O=Cc1ccc(OCC2Cc3ccccc32)c(Br)c1. The summed E-state index contributed by atoms with van der Waals surface area (Å²) in [6.45, 7) is 0.677. The van der Waals surface area contributed by atoms with Crippen molar-refractivity contribution in [3.05, 3.63) is 63.6 Å². The van der Waals surface area contributed by atoms with Gasteiger partial charge in [-0.2, -0.15) is 0 Å². The largest absolute Gasteiger partial charge is 0.492 e. The lowest BCUT2D eigenvalue weighted by atomic mass is 9.78. The Kier molecular flexibility index (Phi) is 3.38. The molecule has 0 N–H and O–H groups in total. The van der Waals surface area contributed by atoms with Gasteiger partial charge in [-0.05, 0) is 51.7 Å². The molecule has 1 aliphatic carbocycles. The molecule has 0 radical (unpaired) electrons. The number of hydrogen-bond acceptors (Lipinski definition) is 2. The monoisotopic (exact) mass is 316 g/mol. The zero-order chi connectivity index (χ0) is 13.2. The molecule has 0 saturated heterocycles. The van der Waals surface area contributed by atoms with Crippen molar-refractivity contribution in [3.8, 4) is 5.75 Å². The second-order valence-electron chi connectivity index (χ2n) is 4.72. The summed E-state index contributed by atoms with van der Waals surface area (Å²) in [5, 5.41) is 0. The van der Waals surface area contributed by atoms with Crippen LogP contribution >= 0.6 is 15.9 Å². The van der Waals surface area contributed by atoms with Gasteiger partial charge in [-0.1, -0.05) is 24.3 Å². The van der Waals surface area contributed by atoms with E-state index in [2.05, 4.69) is 40.2 Å². The summed E-state index contributed by atoms with van der Waals surface area (Å²) in [7, 11) is 0. The summed E-state index contributed by atoms with van der Waals surface area (Å²) >= 11 is 3.43. The first-order valence-electron chi connectivity index (χ1n) is 6.23. The first-order valence-corrected chi connectivity index (χ1v) is 7.02. The van der Waals surface area contributed by atoms with Crippen LogP contribution in [0.4, 0.5) is 0 Å². The molecule has 0 spiro atoms. The standard InChI is InChI=1S/C16H13BrO2/c17-15-7-11(9-18)5-6-16(15)19-10-13-8-12-3-1-2-4-14(12)13/h1-7,9,13H,8,10H2. The molecule has 0 fully saturated rings. The van der Waals surface area contributed by atoms with Crippen molar-refractivity contribution in [2.75, 3.05) is 6.61 Å². The topological polar surface area (TPSA) is 26.3 Å². The molecule has 2 aromatic carbocycles. The van der Waals surface area contributed by atoms with E-state index in [1.54, 1.807) is 12.1 Å². The van der Waals surface area contributed by atoms with Crippen molar-refractivity contribution in [1.29, 1.82) is 0 Å². The predicted molar refractivity (Wildman–Crippen MR) is 77.9 cm³/mol. The molecular weight excluding hydrogens is 304 g/mol. The van der Waals surface area contributed by atoms with Gasteiger partial charge < -0.3 is 4.74 Å². The van der Waals surface area contributed by atoms with Gasteiger partial charge >= 0.3 is 0 Å². The van der Waals surface area contributed by atoms with Gasteiger partial charge in [0.1, 0.15) is 12.0 Å². The van der Waals surface area contributed by atoms with Gasteiger partial charge in [0.25, 0.3) is 0 Å². The van der Waals surface area contributed by atoms with E-state index in [-0.39, 0.29) is 0 Å². The van der Waals surface area contributed by atoms with Gasteiger partial charge in [0.15, 0.2) is 0 Å². The van der Waals surface area contributed by atoms with Gasteiger partial charge in [0, 0.05) is 11.5 Å². The van der Waals surface area contributed by atoms with Crippen molar-refractivity contribution < 1.29 is 9.53 Å². The van der Waals surface area contributed by atoms with Gasteiger partial charge in [-0.25, -0.2) is 0 Å². The molecule has 2 aromatic rings. The summed E-state index contributed by atoms with van der Waals surface area (Å²) in [5.41, 5.74) is 3.46. The summed E-state index contributed by atoms with van der Waals surface area (Å²) in [5.74, 6) is 1.27. The van der Waals surface area contributed by atoms with Crippen molar-refractivity contribution in [3.63, 3.8) is 0 Å². The van der Waals surface area contributed by atoms with Crippen molar-refractivity contribution in [1.82, 2.24) is 0 Å². The average molecular weight is 317 g/mol. The molecule has 1 atom stereocenters. The van der Waals surface area contributed by atoms with E-state index in [4.69, 9.17) is 4.74 Å². The molecule has 96 valence electrons. The highest BCUT2D eigenvalue weighted by atomic mass is 79.9. The molecule has 0 bridgehead atoms. The van der Waals surface area contributed by atoms with E-state index in [0.29, 0.717) is 18.1 Å². The Balaban J connectivity index is 1.67. The average Bonchev–Trinajstić information content (AvgIpc) is 2.41. The maximum absolute atomic E-state index is 10.7. The first-order chi connectivity index (χ1) is 9.28. The van der Waals surface area contributed by atoms with Crippen molar-refractivity contribution >= 4 is 22.2 Å². The third-order valence-electron chi connectivity index (χ3n) is 3.49. The number of rotatable bonds is 4. The summed E-state index contributed by atoms with van der Waals surface area (Å²) in [6, 6.07) is 13.8. The van der Waals surface area contributed by atoms with Crippen LogP contribution in [0.2, 0.25) is 0 Å². The van der Waals surface area contributed by atoms with Crippen LogP contribution in [0, 0.1) is 0 Å². The fourth-order valence-corrected chi connectivity index (χ4v) is 2.92. The van der Waals surface area contributed by atoms with Crippen LogP contribution in [0.5, 0.6) is 5.75 Å². The van der Waals surface area contributed by atoms with Crippen LogP contribution < -0.4 is 4.74 Å². The Morgan fingerprint density at radius 2 is 2.11 bits per heavy atom. The van der Waals surface area contributed by atoms with E-state index >= 15 is 0 Å². The van der Waals surface area contributed by atoms with Crippen molar-refractivity contribution in [2.24, 2.45) is 0 Å². The Morgan fingerprint density at radius 1 is 1.26 bits per heavy atom. The highest BCUT2D eigenvalue weighted by molar-refractivity contribution is 9.10. The Bertz CT molecular complexity index is 622. The van der Waals surface area contributed by atoms with Crippen molar-refractivity contribution in [2.45, 2.75) is 12.3 Å². The summed E-state index contributed by atoms with van der Waals surface area (Å²) < 4.78 is 6.66. The second kappa shape index (κ2) is 5.17. The third kappa shape index (κ3) is 2.43. The smallest absolute Gasteiger partial charge is 0.150 e. The van der Waals surface area contributed by atoms with Crippen LogP contribution in [0.15, 0.2) is 46.9 Å². The maximum atomic E-state index is 10.7. The third-order valence-corrected chi connectivity index (χ3v) is 4.11. The van der Waals surface area contributed by atoms with Gasteiger partial charge in [-0.3, -0.25) is 4.79 Å². The number of carbonyl (C=O) groups is 1. The number of hydrogen-bond donors (Lipinski definition) is 0. The minimum Gasteiger partial charge on any atom is -0.492 e. The van der Waals surface area contributed by atoms with Crippen LogP contribution in [0.1, 0.15) is 27.4 Å². The number of carbonyl (C=O) groups excluding carboxylic acids is 1. The zero-order valence-corrected chi connectivity index (χ0v) is 11.9. The first kappa shape index (κ1) is 12.4. The summed E-state index contributed by atoms with van der Waals surface area (Å²) in [6.07, 6.45) is 1.91. The van der Waals surface area contributed by atoms with E-state index in [1.165, 1.54) is 11.1 Å². The maximum Gasteiger partial charge on any atom is 0.150 e. The molecule has 2 nitrogen and oxygen atoms in total.